The fourth-order valence-corrected chi connectivity index (χ4v) is 3.53. The van der Waals surface area contributed by atoms with Gasteiger partial charge in [0.25, 0.3) is 0 Å². The first-order valence-corrected chi connectivity index (χ1v) is 8.18. The molecule has 1 aliphatic carbocycles. The number of carbonyl (C=O) groups is 1. The van der Waals surface area contributed by atoms with Gasteiger partial charge in [0.15, 0.2) is 0 Å². The number of hydrogen-bond acceptors (Lipinski definition) is 3. The lowest BCUT2D eigenvalue weighted by Crippen LogP contribution is -2.36. The van der Waals surface area contributed by atoms with Crippen LogP contribution < -0.4 is 5.32 Å². The summed E-state index contributed by atoms with van der Waals surface area (Å²) in [6.45, 7) is 5.26. The van der Waals surface area contributed by atoms with Crippen LogP contribution in [0, 0.1) is 11.8 Å². The van der Waals surface area contributed by atoms with Gasteiger partial charge in [-0.1, -0.05) is 26.3 Å². The minimum absolute atomic E-state index is 0.00384. The molecule has 1 saturated carbocycles. The van der Waals surface area contributed by atoms with Crippen molar-refractivity contribution in [1.29, 1.82) is 0 Å². The number of amides is 1. The predicted octanol–water partition coefficient (Wildman–Crippen LogP) is 3.00. The molecule has 1 aliphatic heterocycles. The van der Waals surface area contributed by atoms with Gasteiger partial charge in [0.1, 0.15) is 6.17 Å². The van der Waals surface area contributed by atoms with Crippen molar-refractivity contribution in [2.75, 3.05) is 6.54 Å². The molecule has 2 heterocycles. The molecule has 1 amide bonds. The molecule has 1 saturated heterocycles. The van der Waals surface area contributed by atoms with Gasteiger partial charge in [-0.3, -0.25) is 10.1 Å². The van der Waals surface area contributed by atoms with Gasteiger partial charge >= 0.3 is 0 Å². The van der Waals surface area contributed by atoms with Gasteiger partial charge in [0.2, 0.25) is 5.91 Å². The van der Waals surface area contributed by atoms with Crippen molar-refractivity contribution in [3.8, 4) is 0 Å². The van der Waals surface area contributed by atoms with Crippen molar-refractivity contribution < 1.29 is 4.79 Å². The van der Waals surface area contributed by atoms with Gasteiger partial charge < -0.3 is 4.90 Å². The summed E-state index contributed by atoms with van der Waals surface area (Å²) in [6.07, 6.45) is 3.72. The SMILES string of the molecule is CCC(C)C1NC(c2cccs2)N(CC2CC2)C1=O. The van der Waals surface area contributed by atoms with Gasteiger partial charge in [-0.05, 0) is 36.1 Å². The van der Waals surface area contributed by atoms with Crippen LogP contribution in [0.3, 0.4) is 0 Å². The molecule has 4 heteroatoms. The Hall–Kier alpha value is -0.870. The maximum Gasteiger partial charge on any atom is 0.241 e. The average molecular weight is 278 g/mol. The highest BCUT2D eigenvalue weighted by molar-refractivity contribution is 7.10. The van der Waals surface area contributed by atoms with E-state index in [1.54, 1.807) is 11.3 Å². The predicted molar refractivity (Wildman–Crippen MR) is 77.9 cm³/mol. The van der Waals surface area contributed by atoms with Crippen molar-refractivity contribution in [2.45, 2.75) is 45.3 Å². The molecule has 3 rings (SSSR count). The maximum atomic E-state index is 12.6. The molecular weight excluding hydrogens is 256 g/mol. The molecule has 1 N–H and O–H groups in total. The van der Waals surface area contributed by atoms with Crippen molar-refractivity contribution in [3.63, 3.8) is 0 Å². The molecule has 3 nitrogen and oxygen atoms in total. The van der Waals surface area contributed by atoms with E-state index in [1.165, 1.54) is 17.7 Å². The second-order valence-electron chi connectivity index (χ2n) is 5.88. The van der Waals surface area contributed by atoms with Gasteiger partial charge in [-0.25, -0.2) is 0 Å². The third kappa shape index (κ3) is 2.56. The molecule has 2 fully saturated rings. The standard InChI is InChI=1S/C15H22N2OS/c1-3-10(2)13-15(18)17(9-11-6-7-11)14(16-13)12-5-4-8-19-12/h4-5,8,10-11,13-14,16H,3,6-7,9H2,1-2H3. The Kier molecular flexibility index (Phi) is 3.63. The minimum Gasteiger partial charge on any atom is -0.320 e. The molecule has 104 valence electrons. The number of hydrogen-bond donors (Lipinski definition) is 1. The van der Waals surface area contributed by atoms with Crippen LogP contribution >= 0.6 is 11.3 Å². The summed E-state index contributed by atoms with van der Waals surface area (Å²) in [4.78, 5) is 16.0. The molecule has 1 aromatic heterocycles. The second kappa shape index (κ2) is 5.25. The zero-order chi connectivity index (χ0) is 13.4. The largest absolute Gasteiger partial charge is 0.320 e. The third-order valence-electron chi connectivity index (χ3n) is 4.38. The van der Waals surface area contributed by atoms with E-state index in [-0.39, 0.29) is 12.2 Å². The minimum atomic E-state index is -0.00384. The molecule has 19 heavy (non-hydrogen) atoms. The van der Waals surface area contributed by atoms with Crippen LogP contribution in [0.4, 0.5) is 0 Å². The molecule has 0 radical (unpaired) electrons. The normalized spacial score (nSPS) is 28.9. The summed E-state index contributed by atoms with van der Waals surface area (Å²) in [6, 6.07) is 4.20. The molecule has 2 aliphatic rings. The Morgan fingerprint density at radius 1 is 1.53 bits per heavy atom. The number of nitrogens with one attached hydrogen (secondary N) is 1. The summed E-state index contributed by atoms with van der Waals surface area (Å²) in [5, 5.41) is 5.65. The van der Waals surface area contributed by atoms with Crippen LogP contribution in [0.2, 0.25) is 0 Å². The molecule has 3 unspecified atom stereocenters. The van der Waals surface area contributed by atoms with E-state index in [1.807, 2.05) is 0 Å². The quantitative estimate of drug-likeness (QED) is 0.898. The van der Waals surface area contributed by atoms with E-state index in [0.29, 0.717) is 11.8 Å². The molecule has 0 spiro atoms. The zero-order valence-electron chi connectivity index (χ0n) is 11.6. The number of carbonyl (C=O) groups excluding carboxylic acids is 1. The van der Waals surface area contributed by atoms with Crippen LogP contribution in [-0.4, -0.2) is 23.4 Å². The van der Waals surface area contributed by atoms with Gasteiger partial charge in [0, 0.05) is 11.4 Å². The Morgan fingerprint density at radius 2 is 2.32 bits per heavy atom. The highest BCUT2D eigenvalue weighted by atomic mass is 32.1. The van der Waals surface area contributed by atoms with Crippen LogP contribution in [0.5, 0.6) is 0 Å². The van der Waals surface area contributed by atoms with Crippen molar-refractivity contribution >= 4 is 17.2 Å². The first-order valence-electron chi connectivity index (χ1n) is 7.30. The average Bonchev–Trinajstić information content (AvgIpc) is 2.95. The summed E-state index contributed by atoms with van der Waals surface area (Å²) >= 11 is 1.74. The van der Waals surface area contributed by atoms with Crippen LogP contribution in [0.25, 0.3) is 0 Å². The van der Waals surface area contributed by atoms with Crippen LogP contribution in [-0.2, 0) is 4.79 Å². The van der Waals surface area contributed by atoms with Crippen molar-refractivity contribution in [3.05, 3.63) is 22.4 Å². The van der Waals surface area contributed by atoms with Gasteiger partial charge in [-0.15, -0.1) is 11.3 Å². The van der Waals surface area contributed by atoms with Crippen molar-refractivity contribution in [1.82, 2.24) is 10.2 Å². The number of nitrogens with zero attached hydrogens (tertiary/aromatic N) is 1. The Morgan fingerprint density at radius 3 is 2.89 bits per heavy atom. The number of thiophene rings is 1. The zero-order valence-corrected chi connectivity index (χ0v) is 12.5. The van der Waals surface area contributed by atoms with E-state index in [9.17, 15) is 4.79 Å². The van der Waals surface area contributed by atoms with E-state index in [2.05, 4.69) is 41.6 Å². The lowest BCUT2D eigenvalue weighted by Gasteiger charge is -2.23. The van der Waals surface area contributed by atoms with E-state index in [4.69, 9.17) is 0 Å². The molecular formula is C15H22N2OS. The highest BCUT2D eigenvalue weighted by Gasteiger charge is 2.43. The van der Waals surface area contributed by atoms with Crippen molar-refractivity contribution in [2.24, 2.45) is 11.8 Å². The first-order chi connectivity index (χ1) is 9.20. The summed E-state index contributed by atoms with van der Waals surface area (Å²) in [5.74, 6) is 1.45. The summed E-state index contributed by atoms with van der Waals surface area (Å²) in [5.41, 5.74) is 0. The second-order valence-corrected chi connectivity index (χ2v) is 6.86. The van der Waals surface area contributed by atoms with Gasteiger partial charge in [-0.2, -0.15) is 0 Å². The third-order valence-corrected chi connectivity index (χ3v) is 5.30. The molecule has 1 aromatic rings. The topological polar surface area (TPSA) is 32.3 Å². The molecule has 0 bridgehead atoms. The van der Waals surface area contributed by atoms with Gasteiger partial charge in [0.05, 0.1) is 6.04 Å². The van der Waals surface area contributed by atoms with E-state index >= 15 is 0 Å². The van der Waals surface area contributed by atoms with Crippen LogP contribution in [0.1, 0.15) is 44.2 Å². The smallest absolute Gasteiger partial charge is 0.241 e. The number of rotatable bonds is 5. The molecule has 0 aromatic carbocycles. The highest BCUT2D eigenvalue weighted by Crippen LogP contribution is 2.37. The Labute approximate surface area is 119 Å². The Bertz CT molecular complexity index is 441. The van der Waals surface area contributed by atoms with Crippen LogP contribution in [0.15, 0.2) is 17.5 Å². The van der Waals surface area contributed by atoms with E-state index in [0.717, 1.165) is 18.9 Å². The monoisotopic (exact) mass is 278 g/mol. The first kappa shape index (κ1) is 13.1. The lowest BCUT2D eigenvalue weighted by molar-refractivity contribution is -0.131. The lowest BCUT2D eigenvalue weighted by atomic mass is 9.99. The fourth-order valence-electron chi connectivity index (χ4n) is 2.74. The van der Waals surface area contributed by atoms with E-state index < -0.39 is 0 Å². The molecule has 3 atom stereocenters. The maximum absolute atomic E-state index is 12.6. The Balaban J connectivity index is 1.81. The fraction of sp³-hybridized carbons (Fsp3) is 0.667. The summed E-state index contributed by atoms with van der Waals surface area (Å²) in [7, 11) is 0. The summed E-state index contributed by atoms with van der Waals surface area (Å²) < 4.78 is 0.